The third-order valence-electron chi connectivity index (χ3n) is 5.42. The van der Waals surface area contributed by atoms with Crippen molar-refractivity contribution in [2.24, 2.45) is 0 Å². The molecule has 0 bridgehead atoms. The largest absolute Gasteiger partial charge is 0.487 e. The van der Waals surface area contributed by atoms with E-state index in [1.54, 1.807) is 13.2 Å². The lowest BCUT2D eigenvalue weighted by Gasteiger charge is -2.27. The molecule has 30 heavy (non-hydrogen) atoms. The molecule has 6 heteroatoms. The lowest BCUT2D eigenvalue weighted by atomic mass is 9.99. The van der Waals surface area contributed by atoms with Crippen molar-refractivity contribution in [3.05, 3.63) is 59.4 Å². The average Bonchev–Trinajstić information content (AvgIpc) is 3.25. The summed E-state index contributed by atoms with van der Waals surface area (Å²) in [6, 6.07) is 11.8. The highest BCUT2D eigenvalue weighted by atomic mass is 16.5. The zero-order chi connectivity index (χ0) is 20.9. The molecule has 0 unspecified atom stereocenters. The van der Waals surface area contributed by atoms with Crippen molar-refractivity contribution in [1.82, 2.24) is 4.90 Å². The number of nitrogens with zero attached hydrogens (tertiary/aromatic N) is 1. The van der Waals surface area contributed by atoms with E-state index in [4.69, 9.17) is 18.6 Å². The van der Waals surface area contributed by atoms with Crippen LogP contribution in [0.25, 0.3) is 11.0 Å². The second-order valence-electron chi connectivity index (χ2n) is 7.45. The normalized spacial score (nSPS) is 14.7. The SMILES string of the molecule is CC(=O)c1c(OCCN2CCOCC2)c(OCc2ccccc2)c2occc2c1C. The Kier molecular flexibility index (Phi) is 6.35. The number of hydrogen-bond acceptors (Lipinski definition) is 6. The summed E-state index contributed by atoms with van der Waals surface area (Å²) in [6.45, 7) is 8.29. The highest BCUT2D eigenvalue weighted by molar-refractivity contribution is 6.05. The summed E-state index contributed by atoms with van der Waals surface area (Å²) in [6.07, 6.45) is 1.62. The number of ketones is 1. The molecule has 2 heterocycles. The molecule has 4 rings (SSSR count). The zero-order valence-corrected chi connectivity index (χ0v) is 17.5. The lowest BCUT2D eigenvalue weighted by Crippen LogP contribution is -2.38. The minimum absolute atomic E-state index is 0.0541. The van der Waals surface area contributed by atoms with Gasteiger partial charge in [-0.3, -0.25) is 9.69 Å². The number of aryl methyl sites for hydroxylation is 1. The first-order chi connectivity index (χ1) is 14.6. The first kappa shape index (κ1) is 20.4. The van der Waals surface area contributed by atoms with Gasteiger partial charge in [-0.15, -0.1) is 0 Å². The van der Waals surface area contributed by atoms with Crippen molar-refractivity contribution in [3.63, 3.8) is 0 Å². The number of furan rings is 1. The molecule has 0 atom stereocenters. The van der Waals surface area contributed by atoms with Crippen LogP contribution >= 0.6 is 0 Å². The topological polar surface area (TPSA) is 61.1 Å². The molecule has 1 aromatic heterocycles. The average molecular weight is 409 g/mol. The second kappa shape index (κ2) is 9.32. The quantitative estimate of drug-likeness (QED) is 0.519. The summed E-state index contributed by atoms with van der Waals surface area (Å²) >= 11 is 0. The van der Waals surface area contributed by atoms with Gasteiger partial charge in [-0.2, -0.15) is 0 Å². The number of ether oxygens (including phenoxy) is 3. The molecule has 0 radical (unpaired) electrons. The van der Waals surface area contributed by atoms with E-state index in [-0.39, 0.29) is 5.78 Å². The Morgan fingerprint density at radius 1 is 1.07 bits per heavy atom. The molecule has 0 saturated carbocycles. The highest BCUT2D eigenvalue weighted by Crippen LogP contribution is 2.43. The minimum Gasteiger partial charge on any atom is -0.487 e. The molecule has 1 saturated heterocycles. The Bertz CT molecular complexity index is 1010. The van der Waals surface area contributed by atoms with Gasteiger partial charge in [0.05, 0.1) is 25.0 Å². The molecule has 3 aromatic rings. The molecule has 1 fully saturated rings. The fraction of sp³-hybridized carbons (Fsp3) is 0.375. The van der Waals surface area contributed by atoms with Crippen LogP contribution < -0.4 is 9.47 Å². The van der Waals surface area contributed by atoms with Gasteiger partial charge in [-0.1, -0.05) is 30.3 Å². The van der Waals surface area contributed by atoms with Gasteiger partial charge >= 0.3 is 0 Å². The third kappa shape index (κ3) is 4.35. The van der Waals surface area contributed by atoms with E-state index in [2.05, 4.69) is 4.90 Å². The van der Waals surface area contributed by atoms with E-state index >= 15 is 0 Å². The first-order valence-electron chi connectivity index (χ1n) is 10.3. The van der Waals surface area contributed by atoms with E-state index in [1.807, 2.05) is 43.3 Å². The predicted octanol–water partition coefficient (Wildman–Crippen LogP) is 4.23. The summed E-state index contributed by atoms with van der Waals surface area (Å²) in [5.41, 5.74) is 3.03. The van der Waals surface area contributed by atoms with Gasteiger partial charge < -0.3 is 18.6 Å². The van der Waals surface area contributed by atoms with Crippen LogP contribution in [0.1, 0.15) is 28.4 Å². The van der Waals surface area contributed by atoms with Crippen LogP contribution in [0.3, 0.4) is 0 Å². The number of morpholine rings is 1. The Morgan fingerprint density at radius 3 is 2.57 bits per heavy atom. The maximum absolute atomic E-state index is 12.6. The summed E-state index contributed by atoms with van der Waals surface area (Å²) in [4.78, 5) is 14.8. The maximum Gasteiger partial charge on any atom is 0.205 e. The van der Waals surface area contributed by atoms with Gasteiger partial charge in [0.15, 0.2) is 17.1 Å². The van der Waals surface area contributed by atoms with Crippen molar-refractivity contribution in [2.45, 2.75) is 20.5 Å². The molecule has 0 spiro atoms. The second-order valence-corrected chi connectivity index (χ2v) is 7.45. The van der Waals surface area contributed by atoms with Crippen LogP contribution in [0.4, 0.5) is 0 Å². The molecule has 2 aromatic carbocycles. The lowest BCUT2D eigenvalue weighted by molar-refractivity contribution is 0.0320. The van der Waals surface area contributed by atoms with Crippen LogP contribution in [0.5, 0.6) is 11.5 Å². The summed E-state index contributed by atoms with van der Waals surface area (Å²) in [5, 5.41) is 0.865. The molecular formula is C24H27NO5. The van der Waals surface area contributed by atoms with Crippen molar-refractivity contribution in [1.29, 1.82) is 0 Å². The smallest absolute Gasteiger partial charge is 0.205 e. The fourth-order valence-electron chi connectivity index (χ4n) is 3.83. The van der Waals surface area contributed by atoms with Crippen LogP contribution in [-0.4, -0.2) is 50.1 Å². The van der Waals surface area contributed by atoms with Crippen molar-refractivity contribution in [3.8, 4) is 11.5 Å². The Labute approximate surface area is 176 Å². The third-order valence-corrected chi connectivity index (χ3v) is 5.42. The molecule has 6 nitrogen and oxygen atoms in total. The fourth-order valence-corrected chi connectivity index (χ4v) is 3.83. The Balaban J connectivity index is 1.65. The molecule has 0 amide bonds. The van der Waals surface area contributed by atoms with Crippen molar-refractivity contribution >= 4 is 16.8 Å². The van der Waals surface area contributed by atoms with Crippen LogP contribution in [0.2, 0.25) is 0 Å². The van der Waals surface area contributed by atoms with Gasteiger partial charge in [0, 0.05) is 25.0 Å². The molecule has 0 aliphatic carbocycles. The minimum atomic E-state index is -0.0541. The number of Topliss-reactive ketones (excluding diaryl/α,β-unsaturated/α-hetero) is 1. The number of benzene rings is 2. The van der Waals surface area contributed by atoms with Gasteiger partial charge in [0.1, 0.15) is 13.2 Å². The number of carbonyl (C=O) groups excluding carboxylic acids is 1. The standard InChI is InChI=1S/C24H27NO5/c1-17-20-8-12-28-22(20)24(30-16-19-6-4-3-5-7-19)23(21(17)18(2)26)29-15-11-25-9-13-27-14-10-25/h3-8,12H,9-11,13-16H2,1-2H3. The Morgan fingerprint density at radius 2 is 1.83 bits per heavy atom. The van der Waals surface area contributed by atoms with Gasteiger partial charge in [-0.25, -0.2) is 0 Å². The summed E-state index contributed by atoms with van der Waals surface area (Å²) in [7, 11) is 0. The van der Waals surface area contributed by atoms with E-state index < -0.39 is 0 Å². The van der Waals surface area contributed by atoms with E-state index in [0.717, 1.165) is 49.4 Å². The van der Waals surface area contributed by atoms with E-state index in [1.165, 1.54) is 0 Å². The molecular weight excluding hydrogens is 382 g/mol. The summed E-state index contributed by atoms with van der Waals surface area (Å²) in [5.74, 6) is 0.893. The molecule has 1 aliphatic heterocycles. The Hall–Kier alpha value is -2.83. The van der Waals surface area contributed by atoms with Crippen LogP contribution in [0.15, 0.2) is 47.1 Å². The number of rotatable bonds is 8. The first-order valence-corrected chi connectivity index (χ1v) is 10.3. The van der Waals surface area contributed by atoms with Gasteiger partial charge in [-0.05, 0) is 31.0 Å². The maximum atomic E-state index is 12.6. The van der Waals surface area contributed by atoms with Gasteiger partial charge in [0.2, 0.25) is 5.75 Å². The van der Waals surface area contributed by atoms with E-state index in [9.17, 15) is 4.79 Å². The molecule has 158 valence electrons. The van der Waals surface area contributed by atoms with Crippen molar-refractivity contribution in [2.75, 3.05) is 39.5 Å². The monoisotopic (exact) mass is 409 g/mol. The van der Waals surface area contributed by atoms with Crippen LogP contribution in [-0.2, 0) is 11.3 Å². The van der Waals surface area contributed by atoms with Crippen molar-refractivity contribution < 1.29 is 23.4 Å². The predicted molar refractivity (Wildman–Crippen MR) is 114 cm³/mol. The van der Waals surface area contributed by atoms with Crippen LogP contribution in [0, 0.1) is 6.92 Å². The number of fused-ring (bicyclic) bond motifs is 1. The van der Waals surface area contributed by atoms with Gasteiger partial charge in [0.25, 0.3) is 0 Å². The molecule has 0 N–H and O–H groups in total. The van der Waals surface area contributed by atoms with E-state index in [0.29, 0.717) is 35.9 Å². The zero-order valence-electron chi connectivity index (χ0n) is 17.5. The number of hydrogen-bond donors (Lipinski definition) is 0. The summed E-state index contributed by atoms with van der Waals surface area (Å²) < 4.78 is 23.5. The number of carbonyl (C=O) groups is 1. The molecule has 1 aliphatic rings. The highest BCUT2D eigenvalue weighted by Gasteiger charge is 2.25.